The van der Waals surface area contributed by atoms with Gasteiger partial charge in [-0.05, 0) is 85.0 Å². The summed E-state index contributed by atoms with van der Waals surface area (Å²) < 4.78 is 19.8. The number of allylic oxidation sites excluding steroid dienone is 5. The third kappa shape index (κ3) is 4.37. The summed E-state index contributed by atoms with van der Waals surface area (Å²) in [6.07, 6.45) is 10.9. The molecule has 36 heavy (non-hydrogen) atoms. The maximum atomic E-state index is 6.84. The lowest BCUT2D eigenvalue weighted by Gasteiger charge is -2.52. The molecule has 198 valence electrons. The maximum absolute atomic E-state index is 6.84. The van der Waals surface area contributed by atoms with Crippen molar-refractivity contribution >= 4 is 16.1 Å². The van der Waals surface area contributed by atoms with E-state index in [1.807, 2.05) is 0 Å². The van der Waals surface area contributed by atoms with Gasteiger partial charge >= 0.3 is 0 Å². The molecule has 0 aromatic carbocycles. The van der Waals surface area contributed by atoms with E-state index >= 15 is 0 Å². The van der Waals surface area contributed by atoms with Gasteiger partial charge in [-0.2, -0.15) is 0 Å². The fraction of sp³-hybridized carbons (Fsp3) is 0.677. The smallest absolute Gasteiger partial charge is 0.165 e. The zero-order chi connectivity index (χ0) is 26.1. The van der Waals surface area contributed by atoms with Crippen molar-refractivity contribution in [2.75, 3.05) is 13.2 Å². The summed E-state index contributed by atoms with van der Waals surface area (Å²) in [5.41, 5.74) is 12.8. The lowest BCUT2D eigenvalue weighted by Crippen LogP contribution is -2.57. The summed E-state index contributed by atoms with van der Waals surface area (Å²) in [5.74, 6) is -0.554. The molecule has 0 amide bonds. The summed E-state index contributed by atoms with van der Waals surface area (Å²) in [6, 6.07) is 0. The molecular weight excluding hydrogens is 477 g/mol. The Balaban J connectivity index is 1.84. The van der Waals surface area contributed by atoms with Crippen molar-refractivity contribution in [3.63, 3.8) is 0 Å². The summed E-state index contributed by atoms with van der Waals surface area (Å²) in [5, 5.41) is 1.67. The third-order valence-corrected chi connectivity index (χ3v) is 11.7. The van der Waals surface area contributed by atoms with Crippen molar-refractivity contribution in [3.05, 3.63) is 56.0 Å². The van der Waals surface area contributed by atoms with Crippen LogP contribution in [0.3, 0.4) is 0 Å². The first-order valence-electron chi connectivity index (χ1n) is 14.4. The predicted octanol–water partition coefficient (Wildman–Crippen LogP) is 8.20. The van der Waals surface area contributed by atoms with E-state index in [4.69, 9.17) is 14.2 Å². The Morgan fingerprint density at radius 3 is 2.36 bits per heavy atom. The second-order valence-electron chi connectivity index (χ2n) is 14.1. The highest BCUT2D eigenvalue weighted by Gasteiger charge is 2.67. The predicted molar refractivity (Wildman–Crippen MR) is 156 cm³/mol. The van der Waals surface area contributed by atoms with E-state index in [9.17, 15) is 0 Å². The van der Waals surface area contributed by atoms with E-state index in [1.54, 1.807) is 16.3 Å². The van der Waals surface area contributed by atoms with Gasteiger partial charge in [-0.15, -0.1) is 0 Å². The van der Waals surface area contributed by atoms with E-state index in [0.717, 1.165) is 19.4 Å². The molecule has 3 fully saturated rings. The number of unbranched alkanes of at least 4 members (excludes halogenated alkanes) is 2. The molecule has 2 heterocycles. The minimum absolute atomic E-state index is 0.0382. The zero-order valence-corrected chi connectivity index (χ0v) is 26.3. The van der Waals surface area contributed by atoms with E-state index in [1.165, 1.54) is 60.0 Å². The standard InChI is InChI=1S/C31H48O3Si2/c1-10-11-12-14-23-21(16-18-35(4,5)6)22-15-13-17-31-27(22)26(29(31)33-30(2,3)34-31)24-19-32-20-25(24)28(23)36(7,8)9/h16,18,29H,10-15,17,19-20H2,1-9H3/b18-16-,22-21?,23-21-,26-24?,28-23?,28-25+. The van der Waals surface area contributed by atoms with Gasteiger partial charge in [0.15, 0.2) is 5.79 Å². The number of fused-ring (bicyclic) bond motifs is 2. The van der Waals surface area contributed by atoms with Gasteiger partial charge in [-0.3, -0.25) is 0 Å². The number of hydrogen-bond acceptors (Lipinski definition) is 3. The first-order valence-corrected chi connectivity index (χ1v) is 21.5. The van der Waals surface area contributed by atoms with Crippen LogP contribution in [-0.2, 0) is 14.2 Å². The van der Waals surface area contributed by atoms with Crippen LogP contribution in [0.25, 0.3) is 0 Å². The van der Waals surface area contributed by atoms with Crippen LogP contribution in [0.4, 0.5) is 0 Å². The Hall–Kier alpha value is -0.986. The number of hydrogen-bond donors (Lipinski definition) is 0. The van der Waals surface area contributed by atoms with E-state index in [0.29, 0.717) is 6.61 Å². The Bertz CT molecular complexity index is 1100. The highest BCUT2D eigenvalue weighted by Crippen LogP contribution is 2.64. The van der Waals surface area contributed by atoms with E-state index in [2.05, 4.69) is 71.8 Å². The van der Waals surface area contributed by atoms with Gasteiger partial charge < -0.3 is 14.2 Å². The van der Waals surface area contributed by atoms with Crippen LogP contribution >= 0.6 is 0 Å². The monoisotopic (exact) mass is 524 g/mol. The molecule has 0 bridgehead atoms. The highest BCUT2D eigenvalue weighted by molar-refractivity contribution is 6.84. The lowest BCUT2D eigenvalue weighted by molar-refractivity contribution is -0.153. The Morgan fingerprint density at radius 1 is 0.972 bits per heavy atom. The SMILES string of the molecule is CCCCCC1=C(\C=C/[Si](C)(C)C)C2=C3C(=C4COC\C4=C\1[Si](C)(C)C)C1OC(C)(C)OC31CCC2. The van der Waals surface area contributed by atoms with Crippen LogP contribution in [0.15, 0.2) is 56.0 Å². The largest absolute Gasteiger partial charge is 0.372 e. The quantitative estimate of drug-likeness (QED) is 0.248. The molecule has 2 atom stereocenters. The van der Waals surface area contributed by atoms with Crippen molar-refractivity contribution in [2.24, 2.45) is 0 Å². The Labute approximate surface area is 221 Å². The van der Waals surface area contributed by atoms with Gasteiger partial charge in [0.05, 0.1) is 29.4 Å². The fourth-order valence-corrected chi connectivity index (χ4v) is 10.2. The van der Waals surface area contributed by atoms with Gasteiger partial charge in [-0.1, -0.05) is 76.0 Å². The van der Waals surface area contributed by atoms with Crippen LogP contribution in [-0.4, -0.2) is 46.9 Å². The molecule has 1 saturated carbocycles. The molecule has 0 N–H and O–H groups in total. The van der Waals surface area contributed by atoms with Crippen LogP contribution in [0.5, 0.6) is 0 Å². The molecule has 2 saturated heterocycles. The van der Waals surface area contributed by atoms with Gasteiger partial charge in [0.25, 0.3) is 0 Å². The molecule has 5 heteroatoms. The molecule has 2 aliphatic heterocycles. The summed E-state index contributed by atoms with van der Waals surface area (Å²) in [7, 11) is -3.06. The van der Waals surface area contributed by atoms with Crippen molar-refractivity contribution in [1.29, 1.82) is 0 Å². The van der Waals surface area contributed by atoms with Gasteiger partial charge in [0.1, 0.15) is 11.7 Å². The normalized spacial score (nSPS) is 34.0. The van der Waals surface area contributed by atoms with Crippen molar-refractivity contribution in [3.8, 4) is 0 Å². The highest BCUT2D eigenvalue weighted by atomic mass is 28.3. The lowest BCUT2D eigenvalue weighted by atomic mass is 9.57. The molecule has 3 aliphatic carbocycles. The first kappa shape index (κ1) is 26.6. The number of rotatable bonds is 7. The van der Waals surface area contributed by atoms with Crippen LogP contribution in [0.2, 0.25) is 39.3 Å². The van der Waals surface area contributed by atoms with Crippen LogP contribution in [0, 0.1) is 0 Å². The molecule has 3 nitrogen and oxygen atoms in total. The van der Waals surface area contributed by atoms with Crippen molar-refractivity contribution in [1.82, 2.24) is 0 Å². The molecule has 0 radical (unpaired) electrons. The third-order valence-electron chi connectivity index (χ3n) is 8.45. The summed E-state index contributed by atoms with van der Waals surface area (Å²) in [6.45, 7) is 22.9. The molecule has 0 aromatic heterocycles. The zero-order valence-electron chi connectivity index (χ0n) is 24.3. The molecular formula is C31H48O3Si2. The Morgan fingerprint density at radius 2 is 1.69 bits per heavy atom. The van der Waals surface area contributed by atoms with Crippen LogP contribution in [0.1, 0.15) is 65.7 Å². The van der Waals surface area contributed by atoms with Crippen molar-refractivity contribution in [2.45, 2.75) is 122 Å². The fourth-order valence-electron chi connectivity index (χ4n) is 7.25. The second-order valence-corrected chi connectivity index (χ2v) is 24.2. The minimum Gasteiger partial charge on any atom is -0.372 e. The molecule has 5 aliphatic rings. The Kier molecular flexibility index (Phi) is 6.69. The molecule has 0 aromatic rings. The van der Waals surface area contributed by atoms with Gasteiger partial charge in [0.2, 0.25) is 0 Å². The average molecular weight is 525 g/mol. The molecule has 1 spiro atoms. The van der Waals surface area contributed by atoms with Crippen molar-refractivity contribution < 1.29 is 14.2 Å². The minimum atomic E-state index is -1.68. The van der Waals surface area contributed by atoms with Gasteiger partial charge in [-0.25, -0.2) is 0 Å². The van der Waals surface area contributed by atoms with Crippen LogP contribution < -0.4 is 0 Å². The topological polar surface area (TPSA) is 27.7 Å². The molecule has 2 unspecified atom stereocenters. The average Bonchev–Trinajstić information content (AvgIpc) is 3.26. The van der Waals surface area contributed by atoms with Gasteiger partial charge in [0, 0.05) is 0 Å². The first-order chi connectivity index (χ1) is 16.8. The number of ether oxygens (including phenoxy) is 3. The van der Waals surface area contributed by atoms with E-state index in [-0.39, 0.29) is 11.7 Å². The maximum Gasteiger partial charge on any atom is 0.165 e. The summed E-state index contributed by atoms with van der Waals surface area (Å²) >= 11 is 0. The molecule has 5 rings (SSSR count). The summed E-state index contributed by atoms with van der Waals surface area (Å²) in [4.78, 5) is 0. The second kappa shape index (κ2) is 9.05. The van der Waals surface area contributed by atoms with E-state index < -0.39 is 21.9 Å².